The predicted octanol–water partition coefficient (Wildman–Crippen LogP) is 4.86. The fraction of sp³-hybridized carbons (Fsp3) is 1.00. The molecule has 0 aromatic rings. The third-order valence-corrected chi connectivity index (χ3v) is 4.44. The van der Waals surface area contributed by atoms with Crippen molar-refractivity contribution in [3.8, 4) is 0 Å². The van der Waals surface area contributed by atoms with Crippen molar-refractivity contribution in [2.75, 3.05) is 32.1 Å². The lowest BCUT2D eigenvalue weighted by Crippen LogP contribution is -2.36. The highest BCUT2D eigenvalue weighted by Crippen LogP contribution is 2.10. The van der Waals surface area contributed by atoms with E-state index in [1.54, 1.807) is 7.11 Å². The number of halogens is 1. The molecule has 0 heterocycles. The van der Waals surface area contributed by atoms with Gasteiger partial charge in [0.1, 0.15) is 0 Å². The van der Waals surface area contributed by atoms with Gasteiger partial charge in [0.25, 0.3) is 0 Å². The molecule has 0 saturated carbocycles. The molecular weight excluding hydrogens is 302 g/mol. The number of rotatable bonds is 14. The minimum atomic E-state index is 0.689. The molecule has 0 aliphatic carbocycles. The van der Waals surface area contributed by atoms with Crippen LogP contribution in [0.4, 0.5) is 0 Å². The fourth-order valence-electron chi connectivity index (χ4n) is 2.31. The summed E-state index contributed by atoms with van der Waals surface area (Å²) < 4.78 is 5.20. The van der Waals surface area contributed by atoms with Gasteiger partial charge in [0, 0.05) is 25.0 Å². The summed E-state index contributed by atoms with van der Waals surface area (Å²) in [4.78, 5) is 2.58. The number of alkyl halides is 1. The van der Waals surface area contributed by atoms with Crippen molar-refractivity contribution in [3.63, 3.8) is 0 Å². The predicted molar refractivity (Wildman–Crippen MR) is 89.3 cm³/mol. The molecule has 0 fully saturated rings. The van der Waals surface area contributed by atoms with Gasteiger partial charge in [-0.15, -0.1) is 0 Å². The summed E-state index contributed by atoms with van der Waals surface area (Å²) in [6, 6.07) is 0.689. The van der Waals surface area contributed by atoms with Crippen molar-refractivity contribution in [2.24, 2.45) is 0 Å². The molecule has 0 spiro atoms. The zero-order valence-electron chi connectivity index (χ0n) is 13.3. The van der Waals surface area contributed by atoms with Crippen LogP contribution in [0.2, 0.25) is 0 Å². The van der Waals surface area contributed by atoms with Crippen LogP contribution < -0.4 is 0 Å². The molecule has 0 aliphatic heterocycles. The van der Waals surface area contributed by atoms with Crippen LogP contribution >= 0.6 is 15.9 Å². The number of unbranched alkanes of at least 4 members (excludes halogenated alkanes) is 6. The van der Waals surface area contributed by atoms with Crippen molar-refractivity contribution < 1.29 is 4.74 Å². The van der Waals surface area contributed by atoms with Crippen molar-refractivity contribution in [1.29, 1.82) is 0 Å². The zero-order chi connectivity index (χ0) is 14.3. The number of hydrogen-bond acceptors (Lipinski definition) is 2. The summed E-state index contributed by atoms with van der Waals surface area (Å²) in [5, 5.41) is 1.16. The first-order chi connectivity index (χ1) is 9.26. The fourth-order valence-corrected chi connectivity index (χ4v) is 2.71. The molecule has 1 unspecified atom stereocenters. The third-order valence-electron chi connectivity index (χ3n) is 3.88. The molecular formula is C16H34BrNO. The van der Waals surface area contributed by atoms with Gasteiger partial charge in [-0.3, -0.25) is 4.90 Å². The normalized spacial score (nSPS) is 13.1. The molecule has 0 bridgehead atoms. The lowest BCUT2D eigenvalue weighted by molar-refractivity contribution is 0.121. The topological polar surface area (TPSA) is 12.5 Å². The summed E-state index contributed by atoms with van der Waals surface area (Å²) in [6.07, 6.45) is 10.9. The maximum atomic E-state index is 5.20. The van der Waals surface area contributed by atoms with Crippen LogP contribution in [-0.4, -0.2) is 43.1 Å². The number of methoxy groups -OCH3 is 1. The second-order valence-electron chi connectivity index (χ2n) is 5.45. The maximum absolute atomic E-state index is 5.20. The lowest BCUT2D eigenvalue weighted by atomic mass is 10.1. The summed E-state index contributed by atoms with van der Waals surface area (Å²) >= 11 is 3.48. The van der Waals surface area contributed by atoms with Gasteiger partial charge in [-0.2, -0.15) is 0 Å². The molecule has 0 saturated heterocycles. The Hall–Kier alpha value is 0.400. The Balaban J connectivity index is 3.52. The van der Waals surface area contributed by atoms with Crippen molar-refractivity contribution in [2.45, 2.75) is 71.3 Å². The number of ether oxygens (including phenoxy) is 1. The Kier molecular flexibility index (Phi) is 15.1. The van der Waals surface area contributed by atoms with E-state index in [0.29, 0.717) is 6.04 Å². The zero-order valence-corrected chi connectivity index (χ0v) is 14.9. The van der Waals surface area contributed by atoms with Gasteiger partial charge in [0.05, 0.1) is 6.61 Å². The van der Waals surface area contributed by atoms with E-state index < -0.39 is 0 Å². The summed E-state index contributed by atoms with van der Waals surface area (Å²) in [7, 11) is 1.79. The number of hydrogen-bond donors (Lipinski definition) is 0. The Bertz CT molecular complexity index is 178. The highest BCUT2D eigenvalue weighted by atomic mass is 79.9. The molecule has 1 atom stereocenters. The molecule has 0 aromatic heterocycles. The van der Waals surface area contributed by atoms with E-state index in [2.05, 4.69) is 34.7 Å². The van der Waals surface area contributed by atoms with Gasteiger partial charge >= 0.3 is 0 Å². The first kappa shape index (κ1) is 19.4. The summed E-state index contributed by atoms with van der Waals surface area (Å²) in [5.41, 5.74) is 0. The van der Waals surface area contributed by atoms with E-state index in [0.717, 1.165) is 18.5 Å². The highest BCUT2D eigenvalue weighted by molar-refractivity contribution is 9.09. The van der Waals surface area contributed by atoms with Crippen LogP contribution in [-0.2, 0) is 4.74 Å². The minimum absolute atomic E-state index is 0.689. The van der Waals surface area contributed by atoms with Gasteiger partial charge in [-0.25, -0.2) is 0 Å². The quantitative estimate of drug-likeness (QED) is 0.332. The Morgan fingerprint density at radius 1 is 0.947 bits per heavy atom. The molecule has 19 heavy (non-hydrogen) atoms. The van der Waals surface area contributed by atoms with E-state index in [9.17, 15) is 0 Å². The van der Waals surface area contributed by atoms with Crippen LogP contribution in [0.3, 0.4) is 0 Å². The SMILES string of the molecule is CCC(C)N(CCCCCCCCCBr)CCOC. The first-order valence-corrected chi connectivity index (χ1v) is 9.17. The van der Waals surface area contributed by atoms with E-state index in [-0.39, 0.29) is 0 Å². The highest BCUT2D eigenvalue weighted by Gasteiger charge is 2.10. The van der Waals surface area contributed by atoms with Gasteiger partial charge in [0.15, 0.2) is 0 Å². The van der Waals surface area contributed by atoms with E-state index in [1.165, 1.54) is 57.9 Å². The Labute approximate surface area is 129 Å². The van der Waals surface area contributed by atoms with Crippen LogP contribution in [0.25, 0.3) is 0 Å². The van der Waals surface area contributed by atoms with Gasteiger partial charge in [0.2, 0.25) is 0 Å². The van der Waals surface area contributed by atoms with Crippen LogP contribution in [0.15, 0.2) is 0 Å². The standard InChI is InChI=1S/C16H34BrNO/c1-4-16(2)18(14-15-19-3)13-11-9-7-5-6-8-10-12-17/h16H,4-15H2,1-3H3. The molecule has 3 heteroatoms. The van der Waals surface area contributed by atoms with Gasteiger partial charge < -0.3 is 4.74 Å². The van der Waals surface area contributed by atoms with Crippen LogP contribution in [0, 0.1) is 0 Å². The molecule has 0 amide bonds. The van der Waals surface area contributed by atoms with Crippen molar-refractivity contribution in [3.05, 3.63) is 0 Å². The minimum Gasteiger partial charge on any atom is -0.383 e. The molecule has 2 nitrogen and oxygen atoms in total. The molecule has 0 radical (unpaired) electrons. The average Bonchev–Trinajstić information content (AvgIpc) is 2.44. The average molecular weight is 336 g/mol. The van der Waals surface area contributed by atoms with Gasteiger partial charge in [-0.1, -0.05) is 55.0 Å². The monoisotopic (exact) mass is 335 g/mol. The van der Waals surface area contributed by atoms with Crippen LogP contribution in [0.1, 0.15) is 65.2 Å². The molecule has 0 aliphatic rings. The van der Waals surface area contributed by atoms with Crippen LogP contribution in [0.5, 0.6) is 0 Å². The largest absolute Gasteiger partial charge is 0.383 e. The van der Waals surface area contributed by atoms with Crippen molar-refractivity contribution in [1.82, 2.24) is 4.90 Å². The first-order valence-electron chi connectivity index (χ1n) is 8.05. The number of nitrogens with zero attached hydrogens (tertiary/aromatic N) is 1. The molecule has 0 aromatic carbocycles. The van der Waals surface area contributed by atoms with Crippen molar-refractivity contribution >= 4 is 15.9 Å². The Morgan fingerprint density at radius 2 is 1.53 bits per heavy atom. The van der Waals surface area contributed by atoms with Gasteiger partial charge in [-0.05, 0) is 32.7 Å². The van der Waals surface area contributed by atoms with E-state index in [1.807, 2.05) is 0 Å². The smallest absolute Gasteiger partial charge is 0.0589 e. The third kappa shape index (κ3) is 11.9. The molecule has 0 rings (SSSR count). The molecule has 116 valence electrons. The second-order valence-corrected chi connectivity index (χ2v) is 6.24. The van der Waals surface area contributed by atoms with E-state index in [4.69, 9.17) is 4.74 Å². The summed E-state index contributed by atoms with van der Waals surface area (Å²) in [5.74, 6) is 0. The lowest BCUT2D eigenvalue weighted by Gasteiger charge is -2.28. The van der Waals surface area contributed by atoms with E-state index >= 15 is 0 Å². The second kappa shape index (κ2) is 14.8. The Morgan fingerprint density at radius 3 is 2.05 bits per heavy atom. The summed E-state index contributed by atoms with van der Waals surface area (Å²) in [6.45, 7) is 7.78. The molecule has 0 N–H and O–H groups in total. The maximum Gasteiger partial charge on any atom is 0.0589 e.